The van der Waals surface area contributed by atoms with Gasteiger partial charge in [0.2, 0.25) is 0 Å². The molecule has 1 radical (unpaired) electrons. The van der Waals surface area contributed by atoms with Crippen LogP contribution in [0, 0.1) is 11.9 Å². The minimum absolute atomic E-state index is 0.296. The van der Waals surface area contributed by atoms with Crippen LogP contribution in [-0.2, 0) is 0 Å². The Morgan fingerprint density at radius 3 is 2.20 bits per heavy atom. The molecule has 15 heavy (non-hydrogen) atoms. The number of hydrogen-bond acceptors (Lipinski definition) is 0. The second kappa shape index (κ2) is 4.21. The molecule has 3 heteroatoms. The molecule has 75 valence electrons. The minimum Gasteiger partial charge on any atom is -0.206 e. The standard InChI is InChI=1S/C12H6Cl2F/c13-9-5-8(6-10(14)7-9)11-3-1-2-4-12(11)15/h1-6H. The van der Waals surface area contributed by atoms with Gasteiger partial charge in [-0.15, -0.1) is 0 Å². The lowest BCUT2D eigenvalue weighted by molar-refractivity contribution is 0.631. The largest absolute Gasteiger partial charge is 0.206 e. The molecule has 2 aromatic rings. The molecule has 0 N–H and O–H groups in total. The zero-order chi connectivity index (χ0) is 10.8. The first-order valence-electron chi connectivity index (χ1n) is 4.30. The second-order valence-corrected chi connectivity index (χ2v) is 3.86. The second-order valence-electron chi connectivity index (χ2n) is 3.04. The fraction of sp³-hybridized carbons (Fsp3) is 0. The van der Waals surface area contributed by atoms with E-state index in [4.69, 9.17) is 23.2 Å². The van der Waals surface area contributed by atoms with Crippen molar-refractivity contribution in [2.75, 3.05) is 0 Å². The van der Waals surface area contributed by atoms with E-state index in [0.29, 0.717) is 21.2 Å². The van der Waals surface area contributed by atoms with Crippen molar-refractivity contribution in [1.82, 2.24) is 0 Å². The average Bonchev–Trinajstić information content (AvgIpc) is 2.16. The number of halogens is 3. The lowest BCUT2D eigenvalue weighted by Gasteiger charge is -2.04. The van der Waals surface area contributed by atoms with Crippen LogP contribution in [0.25, 0.3) is 11.1 Å². The van der Waals surface area contributed by atoms with Gasteiger partial charge >= 0.3 is 0 Å². The summed E-state index contributed by atoms with van der Waals surface area (Å²) in [6.45, 7) is 0. The molecule has 0 amide bonds. The lowest BCUT2D eigenvalue weighted by atomic mass is 10.1. The average molecular weight is 240 g/mol. The van der Waals surface area contributed by atoms with Crippen LogP contribution in [0.3, 0.4) is 0 Å². The molecule has 2 rings (SSSR count). The highest BCUT2D eigenvalue weighted by atomic mass is 35.5. The van der Waals surface area contributed by atoms with Crippen molar-refractivity contribution < 1.29 is 4.39 Å². The summed E-state index contributed by atoms with van der Waals surface area (Å²) in [5.41, 5.74) is 1.14. The minimum atomic E-state index is -0.296. The number of rotatable bonds is 1. The third kappa shape index (κ3) is 2.31. The first-order chi connectivity index (χ1) is 7.16. The molecule has 0 aliphatic carbocycles. The molecule has 0 nitrogen and oxygen atoms in total. The number of benzene rings is 2. The molecule has 0 saturated heterocycles. The van der Waals surface area contributed by atoms with Crippen molar-refractivity contribution in [3.63, 3.8) is 0 Å². The van der Waals surface area contributed by atoms with Gasteiger partial charge < -0.3 is 0 Å². The van der Waals surface area contributed by atoms with Crippen LogP contribution >= 0.6 is 23.2 Å². The van der Waals surface area contributed by atoms with Gasteiger partial charge in [0.15, 0.2) is 0 Å². The van der Waals surface area contributed by atoms with Crippen LogP contribution in [0.4, 0.5) is 4.39 Å². The van der Waals surface area contributed by atoms with E-state index < -0.39 is 0 Å². The molecule has 0 aromatic heterocycles. The highest BCUT2D eigenvalue weighted by molar-refractivity contribution is 6.34. The van der Waals surface area contributed by atoms with Crippen LogP contribution in [0.1, 0.15) is 0 Å². The molecular formula is C12H6Cl2F. The summed E-state index contributed by atoms with van der Waals surface area (Å²) in [4.78, 5) is 0. The maximum atomic E-state index is 13.4. The van der Waals surface area contributed by atoms with Crippen LogP contribution in [0.15, 0.2) is 36.4 Å². The fourth-order valence-corrected chi connectivity index (χ4v) is 1.84. The van der Waals surface area contributed by atoms with Gasteiger partial charge in [0.05, 0.1) is 10.0 Å². The van der Waals surface area contributed by atoms with E-state index >= 15 is 0 Å². The molecule has 0 fully saturated rings. The Kier molecular flexibility index (Phi) is 2.94. The third-order valence-electron chi connectivity index (χ3n) is 1.99. The number of hydrogen-bond donors (Lipinski definition) is 0. The van der Waals surface area contributed by atoms with Crippen molar-refractivity contribution in [3.05, 3.63) is 58.3 Å². The Labute approximate surface area is 97.3 Å². The summed E-state index contributed by atoms with van der Waals surface area (Å²) in [6, 6.07) is 12.4. The first-order valence-corrected chi connectivity index (χ1v) is 5.05. The zero-order valence-electron chi connectivity index (χ0n) is 7.60. The van der Waals surface area contributed by atoms with Gasteiger partial charge in [0.25, 0.3) is 0 Å². The molecule has 0 saturated carbocycles. The smallest absolute Gasteiger partial charge is 0.131 e. The maximum Gasteiger partial charge on any atom is 0.131 e. The maximum absolute atomic E-state index is 13.4. The van der Waals surface area contributed by atoms with Gasteiger partial charge in [-0.2, -0.15) is 0 Å². The summed E-state index contributed by atoms with van der Waals surface area (Å²) in [6.07, 6.45) is 0. The summed E-state index contributed by atoms with van der Waals surface area (Å²) < 4.78 is 13.4. The SMILES string of the molecule is Fc1ccccc1-c1cc(Cl)[c]c(Cl)c1. The third-order valence-corrected chi connectivity index (χ3v) is 2.40. The molecule has 0 atom stereocenters. The quantitative estimate of drug-likeness (QED) is 0.683. The molecule has 0 spiro atoms. The van der Waals surface area contributed by atoms with Gasteiger partial charge in [-0.3, -0.25) is 0 Å². The van der Waals surface area contributed by atoms with E-state index in [1.807, 2.05) is 0 Å². The summed E-state index contributed by atoms with van der Waals surface area (Å²) >= 11 is 11.6. The zero-order valence-corrected chi connectivity index (χ0v) is 9.11. The van der Waals surface area contributed by atoms with Crippen molar-refractivity contribution >= 4 is 23.2 Å². The Hall–Kier alpha value is -1.05. The highest BCUT2D eigenvalue weighted by Crippen LogP contribution is 2.28. The Bertz CT molecular complexity index is 474. The topological polar surface area (TPSA) is 0 Å². The summed E-state index contributed by atoms with van der Waals surface area (Å²) in [5.74, 6) is -0.296. The molecule has 0 bridgehead atoms. The van der Waals surface area contributed by atoms with E-state index in [2.05, 4.69) is 6.07 Å². The molecule has 2 aromatic carbocycles. The van der Waals surface area contributed by atoms with Gasteiger partial charge in [0, 0.05) is 11.6 Å². The van der Waals surface area contributed by atoms with E-state index in [1.165, 1.54) is 6.07 Å². The molecule has 0 aliphatic heterocycles. The van der Waals surface area contributed by atoms with Crippen LogP contribution < -0.4 is 0 Å². The van der Waals surface area contributed by atoms with Gasteiger partial charge in [-0.1, -0.05) is 41.4 Å². The van der Waals surface area contributed by atoms with Crippen molar-refractivity contribution in [2.45, 2.75) is 0 Å². The Balaban J connectivity index is 2.59. The van der Waals surface area contributed by atoms with E-state index in [9.17, 15) is 4.39 Å². The van der Waals surface area contributed by atoms with Gasteiger partial charge in [0.1, 0.15) is 5.82 Å². The first kappa shape index (κ1) is 10.5. The molecular weight excluding hydrogens is 234 g/mol. The van der Waals surface area contributed by atoms with Crippen LogP contribution in [0.5, 0.6) is 0 Å². The van der Waals surface area contributed by atoms with E-state index in [-0.39, 0.29) is 5.82 Å². The summed E-state index contributed by atoms with van der Waals surface area (Å²) in [7, 11) is 0. The monoisotopic (exact) mass is 239 g/mol. The van der Waals surface area contributed by atoms with Crippen LogP contribution in [0.2, 0.25) is 10.0 Å². The van der Waals surface area contributed by atoms with Crippen molar-refractivity contribution in [2.24, 2.45) is 0 Å². The van der Waals surface area contributed by atoms with E-state index in [0.717, 1.165) is 0 Å². The van der Waals surface area contributed by atoms with Crippen molar-refractivity contribution in [3.8, 4) is 11.1 Å². The highest BCUT2D eigenvalue weighted by Gasteiger charge is 2.05. The molecule has 0 heterocycles. The lowest BCUT2D eigenvalue weighted by Crippen LogP contribution is -1.83. The Morgan fingerprint density at radius 2 is 1.60 bits per heavy atom. The van der Waals surface area contributed by atoms with Crippen LogP contribution in [-0.4, -0.2) is 0 Å². The molecule has 0 unspecified atom stereocenters. The fourth-order valence-electron chi connectivity index (χ4n) is 1.35. The van der Waals surface area contributed by atoms with Gasteiger partial charge in [-0.25, -0.2) is 4.39 Å². The molecule has 0 aliphatic rings. The van der Waals surface area contributed by atoms with Crippen molar-refractivity contribution in [1.29, 1.82) is 0 Å². The predicted octanol–water partition coefficient (Wildman–Crippen LogP) is 4.60. The predicted molar refractivity (Wildman–Crippen MR) is 60.7 cm³/mol. The normalized spacial score (nSPS) is 10.3. The summed E-state index contributed by atoms with van der Waals surface area (Å²) in [5, 5.41) is 0.751. The Morgan fingerprint density at radius 1 is 1.00 bits per heavy atom. The van der Waals surface area contributed by atoms with Gasteiger partial charge in [-0.05, 0) is 23.8 Å². The van der Waals surface area contributed by atoms with E-state index in [1.54, 1.807) is 30.3 Å².